The summed E-state index contributed by atoms with van der Waals surface area (Å²) in [4.78, 5) is 20.1. The van der Waals surface area contributed by atoms with Gasteiger partial charge in [0, 0.05) is 11.6 Å². The van der Waals surface area contributed by atoms with E-state index >= 15 is 0 Å². The maximum Gasteiger partial charge on any atom is 0.268 e. The first-order valence-electron chi connectivity index (χ1n) is 9.76. The predicted octanol–water partition coefficient (Wildman–Crippen LogP) is 4.63. The molecule has 0 aliphatic heterocycles. The van der Waals surface area contributed by atoms with Crippen molar-refractivity contribution in [2.24, 2.45) is 0 Å². The molecule has 32 heavy (non-hydrogen) atoms. The van der Waals surface area contributed by atoms with Gasteiger partial charge in [0.15, 0.2) is 0 Å². The number of ether oxygens (including phenoxy) is 1. The van der Waals surface area contributed by atoms with Crippen LogP contribution in [-0.4, -0.2) is 24.3 Å². The first-order chi connectivity index (χ1) is 15.5. The molecule has 0 aliphatic rings. The van der Waals surface area contributed by atoms with E-state index in [9.17, 15) is 13.2 Å². The highest BCUT2D eigenvalue weighted by molar-refractivity contribution is 7.90. The highest BCUT2D eigenvalue weighted by Crippen LogP contribution is 2.27. The second kappa shape index (κ2) is 7.82. The van der Waals surface area contributed by atoms with Gasteiger partial charge >= 0.3 is 0 Å². The van der Waals surface area contributed by atoms with E-state index in [4.69, 9.17) is 4.74 Å². The molecule has 0 aliphatic carbocycles. The van der Waals surface area contributed by atoms with Gasteiger partial charge in [0.1, 0.15) is 17.1 Å². The van der Waals surface area contributed by atoms with Gasteiger partial charge in [-0.25, -0.2) is 18.1 Å². The molecule has 3 aromatic carbocycles. The number of nitrogens with one attached hydrogen (secondary N) is 2. The standard InChI is InChI=1S/C24H17N3O4S/c28-24(27-32(29,30)20-10-9-16-5-1-2-6-17(16)14-20)21-7-3-4-8-22(21)31-19-13-18-11-12-25-23(18)26-15-19/h1-15H,(H,25,26)(H,27,28). The van der Waals surface area contributed by atoms with E-state index < -0.39 is 15.9 Å². The van der Waals surface area contributed by atoms with Gasteiger partial charge in [0.25, 0.3) is 15.9 Å². The molecule has 0 unspecified atom stereocenters. The Morgan fingerprint density at radius 3 is 2.53 bits per heavy atom. The highest BCUT2D eigenvalue weighted by atomic mass is 32.2. The van der Waals surface area contributed by atoms with Crippen molar-refractivity contribution in [3.05, 3.63) is 96.8 Å². The molecule has 7 nitrogen and oxygen atoms in total. The number of carbonyl (C=O) groups is 1. The highest BCUT2D eigenvalue weighted by Gasteiger charge is 2.21. The molecule has 2 heterocycles. The third-order valence-electron chi connectivity index (χ3n) is 4.99. The number of hydrogen-bond acceptors (Lipinski definition) is 5. The zero-order chi connectivity index (χ0) is 22.1. The minimum atomic E-state index is -4.08. The maximum atomic E-state index is 12.9. The molecule has 0 atom stereocenters. The van der Waals surface area contributed by atoms with Crippen molar-refractivity contribution in [1.29, 1.82) is 0 Å². The molecule has 0 fully saturated rings. The number of benzene rings is 3. The van der Waals surface area contributed by atoms with Gasteiger partial charge in [-0.2, -0.15) is 0 Å². The smallest absolute Gasteiger partial charge is 0.268 e. The Morgan fingerprint density at radius 1 is 0.875 bits per heavy atom. The summed E-state index contributed by atoms with van der Waals surface area (Å²) in [7, 11) is -4.08. The van der Waals surface area contributed by atoms with Crippen molar-refractivity contribution < 1.29 is 17.9 Å². The Labute approximate surface area is 183 Å². The number of nitrogens with zero attached hydrogens (tertiary/aromatic N) is 1. The first-order valence-corrected chi connectivity index (χ1v) is 11.2. The molecule has 2 N–H and O–H groups in total. The molecule has 0 spiro atoms. The summed E-state index contributed by atoms with van der Waals surface area (Å²) in [6, 6.07) is 22.2. The summed E-state index contributed by atoms with van der Waals surface area (Å²) in [6.45, 7) is 0. The molecular weight excluding hydrogens is 426 g/mol. The zero-order valence-electron chi connectivity index (χ0n) is 16.6. The lowest BCUT2D eigenvalue weighted by Crippen LogP contribution is -2.30. The molecule has 1 amide bonds. The molecule has 0 saturated carbocycles. The zero-order valence-corrected chi connectivity index (χ0v) is 17.5. The molecule has 8 heteroatoms. The predicted molar refractivity (Wildman–Crippen MR) is 121 cm³/mol. The van der Waals surface area contributed by atoms with Gasteiger partial charge in [0.2, 0.25) is 0 Å². The van der Waals surface area contributed by atoms with Crippen LogP contribution in [0.2, 0.25) is 0 Å². The van der Waals surface area contributed by atoms with Crippen LogP contribution in [0.15, 0.2) is 96.2 Å². The average molecular weight is 443 g/mol. The van der Waals surface area contributed by atoms with Crippen LogP contribution in [0, 0.1) is 0 Å². The molecule has 0 radical (unpaired) electrons. The van der Waals surface area contributed by atoms with Crippen molar-refractivity contribution in [3.63, 3.8) is 0 Å². The number of aromatic nitrogens is 2. The van der Waals surface area contributed by atoms with Crippen molar-refractivity contribution in [3.8, 4) is 11.5 Å². The monoisotopic (exact) mass is 443 g/mol. The number of pyridine rings is 1. The van der Waals surface area contributed by atoms with Crippen LogP contribution in [0.1, 0.15) is 10.4 Å². The summed E-state index contributed by atoms with van der Waals surface area (Å²) < 4.78 is 33.7. The first kappa shape index (κ1) is 19.8. The largest absolute Gasteiger partial charge is 0.455 e. The molecule has 158 valence electrons. The minimum absolute atomic E-state index is 0.00468. The molecule has 0 saturated heterocycles. The lowest BCUT2D eigenvalue weighted by atomic mass is 10.1. The van der Waals surface area contributed by atoms with E-state index in [2.05, 4.69) is 14.7 Å². The number of fused-ring (bicyclic) bond motifs is 2. The summed E-state index contributed by atoms with van der Waals surface area (Å²) in [5.74, 6) is -0.144. The minimum Gasteiger partial charge on any atom is -0.455 e. The lowest BCUT2D eigenvalue weighted by molar-refractivity contribution is 0.0979. The third kappa shape index (κ3) is 3.79. The van der Waals surface area contributed by atoms with Crippen LogP contribution in [0.5, 0.6) is 11.5 Å². The van der Waals surface area contributed by atoms with Gasteiger partial charge < -0.3 is 9.72 Å². The molecular formula is C24H17N3O4S. The second-order valence-electron chi connectivity index (χ2n) is 7.13. The molecule has 5 rings (SSSR count). The number of hydrogen-bond donors (Lipinski definition) is 2. The third-order valence-corrected chi connectivity index (χ3v) is 6.32. The molecule has 2 aromatic heterocycles. The topological polar surface area (TPSA) is 101 Å². The number of H-pyrrole nitrogens is 1. The van der Waals surface area contributed by atoms with Crippen molar-refractivity contribution in [2.75, 3.05) is 0 Å². The fourth-order valence-electron chi connectivity index (χ4n) is 3.42. The fourth-order valence-corrected chi connectivity index (χ4v) is 4.42. The number of sulfonamides is 1. The van der Waals surface area contributed by atoms with E-state index in [1.165, 1.54) is 24.4 Å². The summed E-state index contributed by atoms with van der Waals surface area (Å²) >= 11 is 0. The van der Waals surface area contributed by atoms with Crippen molar-refractivity contribution in [2.45, 2.75) is 4.90 Å². The van der Waals surface area contributed by atoms with E-state index in [-0.39, 0.29) is 16.2 Å². The average Bonchev–Trinajstić information content (AvgIpc) is 3.27. The lowest BCUT2D eigenvalue weighted by Gasteiger charge is -2.12. The maximum absolute atomic E-state index is 12.9. The summed E-state index contributed by atoms with van der Waals surface area (Å²) in [6.07, 6.45) is 3.29. The Morgan fingerprint density at radius 2 is 1.66 bits per heavy atom. The van der Waals surface area contributed by atoms with Crippen LogP contribution < -0.4 is 9.46 Å². The van der Waals surface area contributed by atoms with Crippen LogP contribution in [0.25, 0.3) is 21.8 Å². The van der Waals surface area contributed by atoms with Crippen LogP contribution in [-0.2, 0) is 10.0 Å². The van der Waals surface area contributed by atoms with Gasteiger partial charge in [-0.1, -0.05) is 42.5 Å². The Bertz CT molecular complexity index is 1570. The number of aromatic amines is 1. The number of para-hydroxylation sites is 1. The summed E-state index contributed by atoms with van der Waals surface area (Å²) in [5.41, 5.74) is 0.802. The van der Waals surface area contributed by atoms with Gasteiger partial charge in [-0.15, -0.1) is 0 Å². The summed E-state index contributed by atoms with van der Waals surface area (Å²) in [5, 5.41) is 2.52. The van der Waals surface area contributed by atoms with E-state index in [0.717, 1.165) is 16.2 Å². The van der Waals surface area contributed by atoms with E-state index in [1.807, 2.05) is 30.3 Å². The van der Waals surface area contributed by atoms with E-state index in [1.54, 1.807) is 36.5 Å². The molecule has 5 aromatic rings. The quantitative estimate of drug-likeness (QED) is 0.413. The van der Waals surface area contributed by atoms with E-state index in [0.29, 0.717) is 11.4 Å². The fraction of sp³-hybridized carbons (Fsp3) is 0. The van der Waals surface area contributed by atoms with Crippen LogP contribution in [0.4, 0.5) is 0 Å². The second-order valence-corrected chi connectivity index (χ2v) is 8.81. The SMILES string of the molecule is O=C(NS(=O)(=O)c1ccc2ccccc2c1)c1ccccc1Oc1cnc2[nH]ccc2c1. The number of amides is 1. The Hall–Kier alpha value is -4.17. The van der Waals surface area contributed by atoms with Gasteiger partial charge in [0.05, 0.1) is 16.7 Å². The number of carbonyl (C=O) groups excluding carboxylic acids is 1. The van der Waals surface area contributed by atoms with Crippen LogP contribution >= 0.6 is 0 Å². The normalized spacial score (nSPS) is 11.5. The van der Waals surface area contributed by atoms with Crippen molar-refractivity contribution >= 4 is 37.7 Å². The van der Waals surface area contributed by atoms with Crippen molar-refractivity contribution in [1.82, 2.24) is 14.7 Å². The van der Waals surface area contributed by atoms with Crippen LogP contribution in [0.3, 0.4) is 0 Å². The Kier molecular flexibility index (Phi) is 4.84. The molecule has 0 bridgehead atoms. The number of rotatable bonds is 5. The van der Waals surface area contributed by atoms with Gasteiger partial charge in [-0.3, -0.25) is 4.79 Å². The Balaban J connectivity index is 1.42. The van der Waals surface area contributed by atoms with Gasteiger partial charge in [-0.05, 0) is 47.2 Å².